The average Bonchev–Trinajstić information content (AvgIpc) is 2.60. The highest BCUT2D eigenvalue weighted by molar-refractivity contribution is 5.43. The Morgan fingerprint density at radius 3 is 1.94 bits per heavy atom. The number of rotatable bonds is 0. The Balaban J connectivity index is 2.64. The van der Waals surface area contributed by atoms with Crippen molar-refractivity contribution >= 4 is 12.2 Å². The summed E-state index contributed by atoms with van der Waals surface area (Å²) in [6.45, 7) is 0. The molecule has 2 N–H and O–H groups in total. The maximum atomic E-state index is 11.5. The van der Waals surface area contributed by atoms with Crippen LogP contribution in [-0.4, -0.2) is 10.2 Å². The smallest absolute Gasteiger partial charge is 0.271 e. The van der Waals surface area contributed by atoms with Crippen LogP contribution in [0.1, 0.15) is 0 Å². The largest absolute Gasteiger partial charge is 0.298 e. The SMILES string of the molecule is O=c1[nH][nH]c2c1=CC=CC=CC=CC=CC=2. The zero-order chi connectivity index (χ0) is 11.2. The van der Waals surface area contributed by atoms with Gasteiger partial charge in [0.25, 0.3) is 5.56 Å². The Morgan fingerprint density at radius 1 is 0.688 bits per heavy atom. The summed E-state index contributed by atoms with van der Waals surface area (Å²) in [6, 6.07) is 0. The third-order valence-corrected chi connectivity index (χ3v) is 2.15. The van der Waals surface area contributed by atoms with Crippen LogP contribution in [0.4, 0.5) is 0 Å². The van der Waals surface area contributed by atoms with Crippen LogP contribution in [0, 0.1) is 0 Å². The molecular weight excluding hydrogens is 200 g/mol. The van der Waals surface area contributed by atoms with Crippen LogP contribution in [0.2, 0.25) is 0 Å². The van der Waals surface area contributed by atoms with Crippen LogP contribution in [0.5, 0.6) is 0 Å². The second kappa shape index (κ2) is 4.98. The minimum absolute atomic E-state index is 0.110. The van der Waals surface area contributed by atoms with Gasteiger partial charge in [-0.2, -0.15) is 0 Å². The van der Waals surface area contributed by atoms with E-state index in [1.807, 2.05) is 54.7 Å². The molecule has 0 unspecified atom stereocenters. The van der Waals surface area contributed by atoms with Crippen molar-refractivity contribution < 1.29 is 0 Å². The summed E-state index contributed by atoms with van der Waals surface area (Å²) in [4.78, 5) is 11.5. The van der Waals surface area contributed by atoms with Crippen molar-refractivity contribution in [2.45, 2.75) is 0 Å². The number of H-pyrrole nitrogens is 2. The fraction of sp³-hybridized carbons (Fsp3) is 0. The summed E-state index contributed by atoms with van der Waals surface area (Å²) in [7, 11) is 0. The predicted octanol–water partition coefficient (Wildman–Crippen LogP) is 0.502. The summed E-state index contributed by atoms with van der Waals surface area (Å²) in [6.07, 6.45) is 18.9. The number of hydrogen-bond acceptors (Lipinski definition) is 1. The first-order valence-corrected chi connectivity index (χ1v) is 5.03. The van der Waals surface area contributed by atoms with E-state index >= 15 is 0 Å². The first kappa shape index (κ1) is 10.2. The van der Waals surface area contributed by atoms with Gasteiger partial charge in [-0.05, 0) is 12.2 Å². The third kappa shape index (κ3) is 2.39. The topological polar surface area (TPSA) is 48.6 Å². The lowest BCUT2D eigenvalue weighted by Crippen LogP contribution is -2.32. The molecule has 80 valence electrons. The molecule has 1 aliphatic rings. The molecule has 2 rings (SSSR count). The van der Waals surface area contributed by atoms with Crippen LogP contribution < -0.4 is 16.1 Å². The van der Waals surface area contributed by atoms with E-state index in [0.717, 1.165) is 5.35 Å². The fourth-order valence-corrected chi connectivity index (χ4v) is 1.37. The summed E-state index contributed by atoms with van der Waals surface area (Å²) in [5.74, 6) is 0. The molecule has 1 aliphatic carbocycles. The Labute approximate surface area is 92.5 Å². The van der Waals surface area contributed by atoms with E-state index in [4.69, 9.17) is 0 Å². The maximum Gasteiger partial charge on any atom is 0.271 e. The van der Waals surface area contributed by atoms with E-state index in [1.165, 1.54) is 0 Å². The summed E-state index contributed by atoms with van der Waals surface area (Å²) >= 11 is 0. The second-order valence-electron chi connectivity index (χ2n) is 3.28. The molecule has 0 radical (unpaired) electrons. The van der Waals surface area contributed by atoms with Gasteiger partial charge in [-0.15, -0.1) is 0 Å². The Kier molecular flexibility index (Phi) is 3.18. The van der Waals surface area contributed by atoms with E-state index in [9.17, 15) is 4.79 Å². The predicted molar refractivity (Wildman–Crippen MR) is 66.2 cm³/mol. The summed E-state index contributed by atoms with van der Waals surface area (Å²) in [5.41, 5.74) is -0.110. The van der Waals surface area contributed by atoms with Crippen molar-refractivity contribution in [3.05, 3.63) is 69.5 Å². The van der Waals surface area contributed by atoms with Crippen LogP contribution in [0.15, 0.2) is 53.4 Å². The van der Waals surface area contributed by atoms with Crippen LogP contribution in [0.25, 0.3) is 12.2 Å². The van der Waals surface area contributed by atoms with Gasteiger partial charge in [0.2, 0.25) is 0 Å². The number of aromatic nitrogens is 2. The van der Waals surface area contributed by atoms with Gasteiger partial charge in [-0.25, -0.2) is 0 Å². The minimum atomic E-state index is -0.110. The van der Waals surface area contributed by atoms with Crippen molar-refractivity contribution in [2.24, 2.45) is 0 Å². The standard InChI is InChI=1S/C13H12N2O/c16-13-11-9-7-5-3-1-2-4-6-8-10-12(11)14-15-13/h1-10H,(H2,14,15,16). The van der Waals surface area contributed by atoms with Crippen LogP contribution >= 0.6 is 0 Å². The fourth-order valence-electron chi connectivity index (χ4n) is 1.37. The van der Waals surface area contributed by atoms with Crippen molar-refractivity contribution in [1.29, 1.82) is 0 Å². The van der Waals surface area contributed by atoms with Crippen molar-refractivity contribution in [1.82, 2.24) is 10.2 Å². The molecule has 1 aromatic rings. The molecule has 0 saturated heterocycles. The molecule has 0 atom stereocenters. The van der Waals surface area contributed by atoms with Crippen LogP contribution in [0.3, 0.4) is 0 Å². The second-order valence-corrected chi connectivity index (χ2v) is 3.28. The Morgan fingerprint density at radius 2 is 1.25 bits per heavy atom. The molecule has 3 nitrogen and oxygen atoms in total. The number of fused-ring (bicyclic) bond motifs is 1. The molecule has 0 saturated carbocycles. The third-order valence-electron chi connectivity index (χ3n) is 2.15. The molecule has 0 aromatic carbocycles. The lowest BCUT2D eigenvalue weighted by atomic mass is 10.3. The highest BCUT2D eigenvalue weighted by Gasteiger charge is 1.90. The first-order chi connectivity index (χ1) is 7.88. The van der Waals surface area contributed by atoms with Gasteiger partial charge in [0.1, 0.15) is 0 Å². The van der Waals surface area contributed by atoms with E-state index in [1.54, 1.807) is 6.08 Å². The number of allylic oxidation sites excluding steroid dienone is 8. The van der Waals surface area contributed by atoms with Gasteiger partial charge >= 0.3 is 0 Å². The monoisotopic (exact) mass is 212 g/mol. The molecule has 0 fully saturated rings. The lowest BCUT2D eigenvalue weighted by molar-refractivity contribution is 1.03. The van der Waals surface area contributed by atoms with E-state index in [-0.39, 0.29) is 5.56 Å². The highest BCUT2D eigenvalue weighted by atomic mass is 16.1. The molecule has 16 heavy (non-hydrogen) atoms. The van der Waals surface area contributed by atoms with E-state index in [0.29, 0.717) is 5.22 Å². The summed E-state index contributed by atoms with van der Waals surface area (Å²) in [5, 5.41) is 6.81. The molecule has 1 heterocycles. The Hall–Kier alpha value is -2.29. The van der Waals surface area contributed by atoms with Crippen LogP contribution in [-0.2, 0) is 0 Å². The zero-order valence-electron chi connectivity index (χ0n) is 8.68. The Bertz CT molecular complexity index is 636. The highest BCUT2D eigenvalue weighted by Crippen LogP contribution is 1.84. The normalized spacial score (nSPS) is 14.5. The van der Waals surface area contributed by atoms with Gasteiger partial charge < -0.3 is 0 Å². The minimum Gasteiger partial charge on any atom is -0.298 e. The first-order valence-electron chi connectivity index (χ1n) is 5.03. The molecular formula is C13H12N2O. The molecule has 0 spiro atoms. The van der Waals surface area contributed by atoms with Gasteiger partial charge in [0.15, 0.2) is 0 Å². The zero-order valence-corrected chi connectivity index (χ0v) is 8.68. The van der Waals surface area contributed by atoms with Crippen molar-refractivity contribution in [3.63, 3.8) is 0 Å². The van der Waals surface area contributed by atoms with Gasteiger partial charge in [0.05, 0.1) is 10.6 Å². The quantitative estimate of drug-likeness (QED) is 0.646. The maximum absolute atomic E-state index is 11.5. The van der Waals surface area contributed by atoms with E-state index < -0.39 is 0 Å². The van der Waals surface area contributed by atoms with Gasteiger partial charge in [-0.1, -0.05) is 48.6 Å². The van der Waals surface area contributed by atoms with Crippen molar-refractivity contribution in [2.75, 3.05) is 0 Å². The lowest BCUT2D eigenvalue weighted by Gasteiger charge is -1.79. The summed E-state index contributed by atoms with van der Waals surface area (Å²) < 4.78 is 0. The number of aromatic amines is 2. The van der Waals surface area contributed by atoms with Gasteiger partial charge in [-0.3, -0.25) is 15.0 Å². The molecule has 0 amide bonds. The number of hydrogen-bond donors (Lipinski definition) is 2. The average molecular weight is 212 g/mol. The van der Waals surface area contributed by atoms with E-state index in [2.05, 4.69) is 10.2 Å². The van der Waals surface area contributed by atoms with Crippen molar-refractivity contribution in [3.8, 4) is 0 Å². The molecule has 0 aliphatic heterocycles. The number of nitrogens with one attached hydrogen (secondary N) is 2. The molecule has 3 heteroatoms. The molecule has 0 bridgehead atoms. The van der Waals surface area contributed by atoms with Gasteiger partial charge in [0, 0.05) is 0 Å². The molecule has 1 aromatic heterocycles.